The van der Waals surface area contributed by atoms with Crippen molar-refractivity contribution in [1.29, 1.82) is 5.26 Å². The largest absolute Gasteiger partial charge is 0.506 e. The zero-order valence-electron chi connectivity index (χ0n) is 11.1. The van der Waals surface area contributed by atoms with Crippen LogP contribution in [0.5, 0.6) is 0 Å². The minimum absolute atomic E-state index is 0.0554. The molecule has 6 heteroatoms. The molecule has 108 valence electrons. The minimum atomic E-state index is -0.629. The Morgan fingerprint density at radius 3 is 2.73 bits per heavy atom. The van der Waals surface area contributed by atoms with Gasteiger partial charge < -0.3 is 10.1 Å². The fourth-order valence-corrected chi connectivity index (χ4v) is 2.44. The topological polar surface area (TPSA) is 72.7 Å². The van der Waals surface area contributed by atoms with Gasteiger partial charge in [0.15, 0.2) is 5.82 Å². The molecule has 0 saturated heterocycles. The van der Waals surface area contributed by atoms with Gasteiger partial charge in [-0.2, -0.15) is 5.26 Å². The van der Waals surface area contributed by atoms with Gasteiger partial charge in [0.1, 0.15) is 23.2 Å². The summed E-state index contributed by atoms with van der Waals surface area (Å²) < 4.78 is 14.5. The fourth-order valence-electron chi connectivity index (χ4n) is 2.11. The maximum Gasteiger partial charge on any atom is 0.153 e. The molecule has 1 heterocycles. The first kappa shape index (κ1) is 14.3. The summed E-state index contributed by atoms with van der Waals surface area (Å²) in [5.74, 6) is -0.884. The van der Waals surface area contributed by atoms with E-state index in [0.717, 1.165) is 5.52 Å². The van der Waals surface area contributed by atoms with E-state index in [4.69, 9.17) is 0 Å². The van der Waals surface area contributed by atoms with Crippen LogP contribution in [0.3, 0.4) is 0 Å². The molecule has 4 nitrogen and oxygen atoms in total. The third-order valence-corrected chi connectivity index (χ3v) is 3.65. The number of aromatic nitrogens is 2. The second-order valence-corrected chi connectivity index (χ2v) is 5.48. The summed E-state index contributed by atoms with van der Waals surface area (Å²) in [5.41, 5.74) is 1.22. The van der Waals surface area contributed by atoms with Crippen molar-refractivity contribution in [2.45, 2.75) is 0 Å². The number of nitrogens with zero attached hydrogens (tertiary/aromatic N) is 2. The Morgan fingerprint density at radius 2 is 2.05 bits per heavy atom. The number of benzene rings is 2. The molecule has 0 aliphatic rings. The van der Waals surface area contributed by atoms with Crippen LogP contribution in [0.15, 0.2) is 46.9 Å². The maximum absolute atomic E-state index is 14.0. The van der Waals surface area contributed by atoms with E-state index in [-0.39, 0.29) is 17.0 Å². The molecule has 0 aliphatic carbocycles. The fraction of sp³-hybridized carbons (Fsp3) is 0. The molecular formula is C16H9BrFN3O. The number of aliphatic hydroxyl groups excluding tert-OH is 1. The summed E-state index contributed by atoms with van der Waals surface area (Å²) in [6.07, 6.45) is 0. The number of halogens is 2. The third-order valence-electron chi connectivity index (χ3n) is 3.16. The molecule has 2 N–H and O–H groups in total. The van der Waals surface area contributed by atoms with Gasteiger partial charge >= 0.3 is 0 Å². The number of fused-ring (bicyclic) bond motifs is 1. The molecule has 0 saturated carbocycles. The van der Waals surface area contributed by atoms with Crippen LogP contribution in [-0.2, 0) is 0 Å². The number of allylic oxidation sites excluding steroid dienone is 1. The normalized spacial score (nSPS) is 12.0. The molecule has 0 atom stereocenters. The molecule has 0 radical (unpaired) electrons. The van der Waals surface area contributed by atoms with Gasteiger partial charge in [-0.1, -0.05) is 28.1 Å². The lowest BCUT2D eigenvalue weighted by Gasteiger charge is -2.04. The quantitative estimate of drug-likeness (QED) is 0.526. The molecule has 3 aromatic rings. The molecule has 0 fully saturated rings. The Balaban J connectivity index is 2.18. The summed E-state index contributed by atoms with van der Waals surface area (Å²) >= 11 is 3.15. The summed E-state index contributed by atoms with van der Waals surface area (Å²) in [5, 5.41) is 19.6. The van der Waals surface area contributed by atoms with Gasteiger partial charge in [-0.3, -0.25) is 0 Å². The van der Waals surface area contributed by atoms with E-state index < -0.39 is 11.6 Å². The lowest BCUT2D eigenvalue weighted by molar-refractivity contribution is 0.504. The van der Waals surface area contributed by atoms with Crippen molar-refractivity contribution in [1.82, 2.24) is 9.97 Å². The van der Waals surface area contributed by atoms with Crippen molar-refractivity contribution in [3.8, 4) is 6.07 Å². The first-order chi connectivity index (χ1) is 10.6. The number of nitrogens with one attached hydrogen (secondary N) is 1. The van der Waals surface area contributed by atoms with E-state index in [1.165, 1.54) is 12.1 Å². The highest BCUT2D eigenvalue weighted by Gasteiger charge is 2.17. The second-order valence-electron chi connectivity index (χ2n) is 4.56. The van der Waals surface area contributed by atoms with Crippen molar-refractivity contribution in [3.63, 3.8) is 0 Å². The van der Waals surface area contributed by atoms with E-state index in [9.17, 15) is 14.8 Å². The lowest BCUT2D eigenvalue weighted by atomic mass is 10.1. The molecule has 3 rings (SSSR count). The molecule has 2 aromatic carbocycles. The number of H-pyrrole nitrogens is 1. The Bertz CT molecular complexity index is 907. The van der Waals surface area contributed by atoms with Crippen LogP contribution in [0, 0.1) is 17.1 Å². The number of hydrogen-bond acceptors (Lipinski definition) is 3. The van der Waals surface area contributed by atoms with Gasteiger partial charge in [-0.15, -0.1) is 0 Å². The van der Waals surface area contributed by atoms with E-state index in [1.807, 2.05) is 18.2 Å². The van der Waals surface area contributed by atoms with E-state index in [2.05, 4.69) is 25.9 Å². The number of para-hydroxylation sites is 2. The van der Waals surface area contributed by atoms with Crippen molar-refractivity contribution in [2.24, 2.45) is 0 Å². The molecule has 0 amide bonds. The Labute approximate surface area is 133 Å². The van der Waals surface area contributed by atoms with Crippen LogP contribution in [-0.4, -0.2) is 15.1 Å². The first-order valence-electron chi connectivity index (χ1n) is 6.34. The monoisotopic (exact) mass is 357 g/mol. The van der Waals surface area contributed by atoms with Crippen molar-refractivity contribution < 1.29 is 9.50 Å². The smallest absolute Gasteiger partial charge is 0.153 e. The molecule has 0 aliphatic heterocycles. The predicted octanol–water partition coefficient (Wildman–Crippen LogP) is 4.41. The van der Waals surface area contributed by atoms with Crippen molar-refractivity contribution in [3.05, 3.63) is 64.1 Å². The van der Waals surface area contributed by atoms with Gasteiger partial charge in [-0.25, -0.2) is 9.37 Å². The van der Waals surface area contributed by atoms with E-state index >= 15 is 0 Å². The van der Waals surface area contributed by atoms with Crippen LogP contribution >= 0.6 is 15.9 Å². The van der Waals surface area contributed by atoms with Gasteiger partial charge in [0.2, 0.25) is 0 Å². The van der Waals surface area contributed by atoms with E-state index in [0.29, 0.717) is 9.99 Å². The van der Waals surface area contributed by atoms with E-state index in [1.54, 1.807) is 18.2 Å². The third kappa shape index (κ3) is 2.47. The number of rotatable bonds is 2. The molecule has 0 bridgehead atoms. The number of aliphatic hydroxyl groups is 1. The molecule has 1 aromatic heterocycles. The molecular weight excluding hydrogens is 349 g/mol. The van der Waals surface area contributed by atoms with Crippen LogP contribution in [0.2, 0.25) is 0 Å². The summed E-state index contributed by atoms with van der Waals surface area (Å²) in [4.78, 5) is 7.19. The predicted molar refractivity (Wildman–Crippen MR) is 85.2 cm³/mol. The Morgan fingerprint density at radius 1 is 1.27 bits per heavy atom. The highest BCUT2D eigenvalue weighted by molar-refractivity contribution is 9.10. The maximum atomic E-state index is 14.0. The van der Waals surface area contributed by atoms with Crippen LogP contribution in [0.25, 0.3) is 22.4 Å². The van der Waals surface area contributed by atoms with Crippen molar-refractivity contribution >= 4 is 38.3 Å². The van der Waals surface area contributed by atoms with Gasteiger partial charge in [0.25, 0.3) is 0 Å². The SMILES string of the molecule is N#C/C(=C(/O)c1ccc(Br)cc1F)c1nc2ccccc2[nH]1. The van der Waals surface area contributed by atoms with Gasteiger partial charge in [0, 0.05) is 4.47 Å². The minimum Gasteiger partial charge on any atom is -0.506 e. The van der Waals surface area contributed by atoms with Gasteiger partial charge in [0.05, 0.1) is 16.6 Å². The zero-order chi connectivity index (χ0) is 15.7. The summed E-state index contributed by atoms with van der Waals surface area (Å²) in [6, 6.07) is 13.3. The first-order valence-corrected chi connectivity index (χ1v) is 7.13. The average Bonchev–Trinajstić information content (AvgIpc) is 2.91. The summed E-state index contributed by atoms with van der Waals surface area (Å²) in [7, 11) is 0. The number of nitriles is 1. The van der Waals surface area contributed by atoms with Crippen LogP contribution in [0.4, 0.5) is 4.39 Å². The number of hydrogen-bond donors (Lipinski definition) is 2. The second kappa shape index (κ2) is 5.62. The van der Waals surface area contributed by atoms with Crippen LogP contribution < -0.4 is 0 Å². The number of aromatic amines is 1. The lowest BCUT2D eigenvalue weighted by Crippen LogP contribution is -1.95. The molecule has 22 heavy (non-hydrogen) atoms. The standard InChI is InChI=1S/C16H9BrFN3O/c17-9-5-6-10(12(18)7-9)15(22)11(8-19)16-20-13-3-1-2-4-14(13)21-16/h1-7,22H,(H,20,21)/b15-11-. The highest BCUT2D eigenvalue weighted by atomic mass is 79.9. The average molecular weight is 358 g/mol. The van der Waals surface area contributed by atoms with Crippen LogP contribution in [0.1, 0.15) is 11.4 Å². The number of imidazole rings is 1. The van der Waals surface area contributed by atoms with Crippen molar-refractivity contribution in [2.75, 3.05) is 0 Å². The molecule has 0 unspecified atom stereocenters. The Kier molecular flexibility index (Phi) is 3.65. The summed E-state index contributed by atoms with van der Waals surface area (Å²) in [6.45, 7) is 0. The molecule has 0 spiro atoms. The zero-order valence-corrected chi connectivity index (χ0v) is 12.7. The highest BCUT2D eigenvalue weighted by Crippen LogP contribution is 2.27. The van der Waals surface area contributed by atoms with Gasteiger partial charge in [-0.05, 0) is 30.3 Å². The Hall–Kier alpha value is -2.65.